The van der Waals surface area contributed by atoms with E-state index in [0.717, 1.165) is 37.1 Å². The Bertz CT molecular complexity index is 712. The fourth-order valence-corrected chi connectivity index (χ4v) is 3.55. The molecular formula is C19H25FN2O2. The highest BCUT2D eigenvalue weighted by atomic mass is 19.1. The van der Waals surface area contributed by atoms with Crippen LogP contribution in [-0.2, 0) is 11.3 Å². The molecule has 0 saturated carbocycles. The molecule has 2 aromatic rings. The number of nitrogens with zero attached hydrogens (tertiary/aromatic N) is 1. The first kappa shape index (κ1) is 17.0. The van der Waals surface area contributed by atoms with Crippen molar-refractivity contribution in [2.45, 2.75) is 45.7 Å². The van der Waals surface area contributed by atoms with E-state index in [2.05, 4.69) is 12.2 Å². The minimum absolute atomic E-state index is 0.242. The number of piperidine rings is 1. The van der Waals surface area contributed by atoms with Crippen LogP contribution >= 0.6 is 0 Å². The normalized spacial score (nSPS) is 21.4. The van der Waals surface area contributed by atoms with Crippen molar-refractivity contribution in [3.8, 4) is 0 Å². The number of benzene rings is 1. The van der Waals surface area contributed by atoms with Gasteiger partial charge < -0.3 is 14.6 Å². The van der Waals surface area contributed by atoms with Crippen molar-refractivity contribution in [1.29, 1.82) is 0 Å². The number of carbonyl (C=O) groups excluding carboxylic acids is 1. The Kier molecular flexibility index (Phi) is 5.19. The van der Waals surface area contributed by atoms with E-state index in [1.54, 1.807) is 6.07 Å². The molecular weight excluding hydrogens is 307 g/mol. The molecule has 1 aromatic carbocycles. The van der Waals surface area contributed by atoms with Gasteiger partial charge in [-0.25, -0.2) is 4.39 Å². The van der Waals surface area contributed by atoms with Gasteiger partial charge in [0, 0.05) is 30.9 Å². The van der Waals surface area contributed by atoms with Crippen LogP contribution in [0.15, 0.2) is 28.7 Å². The van der Waals surface area contributed by atoms with E-state index in [1.165, 1.54) is 12.1 Å². The van der Waals surface area contributed by atoms with Crippen molar-refractivity contribution in [1.82, 2.24) is 10.2 Å². The van der Waals surface area contributed by atoms with Gasteiger partial charge >= 0.3 is 0 Å². The van der Waals surface area contributed by atoms with Crippen molar-refractivity contribution >= 4 is 16.9 Å². The predicted octanol–water partition coefficient (Wildman–Crippen LogP) is 3.70. The van der Waals surface area contributed by atoms with Crippen molar-refractivity contribution in [2.75, 3.05) is 13.1 Å². The van der Waals surface area contributed by atoms with Crippen LogP contribution in [0, 0.1) is 11.7 Å². The van der Waals surface area contributed by atoms with Gasteiger partial charge in [0.05, 0.1) is 6.54 Å². The van der Waals surface area contributed by atoms with Crippen molar-refractivity contribution in [3.63, 3.8) is 0 Å². The van der Waals surface area contributed by atoms with Crippen LogP contribution in [0.25, 0.3) is 11.0 Å². The molecule has 24 heavy (non-hydrogen) atoms. The largest absolute Gasteiger partial charge is 0.460 e. The zero-order chi connectivity index (χ0) is 17.1. The van der Waals surface area contributed by atoms with Crippen LogP contribution in [0.5, 0.6) is 0 Å². The second-order valence-electron chi connectivity index (χ2n) is 6.53. The lowest BCUT2D eigenvalue weighted by Crippen LogP contribution is -2.50. The van der Waals surface area contributed by atoms with E-state index in [-0.39, 0.29) is 11.7 Å². The molecule has 1 amide bonds. The number of likely N-dealkylation sites (tertiary alicyclic amines) is 1. The summed E-state index contributed by atoms with van der Waals surface area (Å²) in [6.45, 7) is 6.35. The first-order valence-electron chi connectivity index (χ1n) is 8.79. The third-order valence-electron chi connectivity index (χ3n) is 4.98. The summed E-state index contributed by atoms with van der Waals surface area (Å²) < 4.78 is 19.0. The minimum atomic E-state index is -0.248. The lowest BCUT2D eigenvalue weighted by Gasteiger charge is -2.38. The van der Waals surface area contributed by atoms with Gasteiger partial charge in [0.15, 0.2) is 0 Å². The number of amides is 1. The van der Waals surface area contributed by atoms with Crippen LogP contribution in [0.4, 0.5) is 4.39 Å². The van der Waals surface area contributed by atoms with Crippen LogP contribution in [0.3, 0.4) is 0 Å². The van der Waals surface area contributed by atoms with Gasteiger partial charge in [0.25, 0.3) is 0 Å². The van der Waals surface area contributed by atoms with Gasteiger partial charge in [-0.3, -0.25) is 4.79 Å². The summed E-state index contributed by atoms with van der Waals surface area (Å²) in [6.07, 6.45) is 2.57. The van der Waals surface area contributed by atoms with Gasteiger partial charge in [-0.15, -0.1) is 0 Å². The van der Waals surface area contributed by atoms with Gasteiger partial charge in [-0.05, 0) is 36.6 Å². The SMILES string of the molecule is CCC(=O)N1CC[C@H](NCc2cc3cc(F)ccc3o2)[C@H](CC)C1. The summed E-state index contributed by atoms with van der Waals surface area (Å²) >= 11 is 0. The Hall–Kier alpha value is -1.88. The quantitative estimate of drug-likeness (QED) is 0.908. The average molecular weight is 332 g/mol. The fourth-order valence-electron chi connectivity index (χ4n) is 3.55. The van der Waals surface area contributed by atoms with E-state index in [9.17, 15) is 9.18 Å². The molecule has 3 rings (SSSR count). The van der Waals surface area contributed by atoms with E-state index < -0.39 is 0 Å². The summed E-state index contributed by atoms with van der Waals surface area (Å²) in [4.78, 5) is 13.9. The number of fused-ring (bicyclic) bond motifs is 1. The van der Waals surface area contributed by atoms with Gasteiger partial charge in [0.1, 0.15) is 17.2 Å². The lowest BCUT2D eigenvalue weighted by molar-refractivity contribution is -0.133. The number of halogens is 1. The third-order valence-corrected chi connectivity index (χ3v) is 4.98. The number of hydrogen-bond acceptors (Lipinski definition) is 3. The van der Waals surface area contributed by atoms with Crippen molar-refractivity contribution in [3.05, 3.63) is 35.8 Å². The molecule has 130 valence electrons. The first-order valence-corrected chi connectivity index (χ1v) is 8.79. The third kappa shape index (κ3) is 3.61. The summed E-state index contributed by atoms with van der Waals surface area (Å²) in [5.41, 5.74) is 0.712. The molecule has 0 bridgehead atoms. The Morgan fingerprint density at radius 3 is 2.96 bits per heavy atom. The molecule has 1 fully saturated rings. The highest BCUT2D eigenvalue weighted by molar-refractivity contribution is 5.77. The smallest absolute Gasteiger partial charge is 0.222 e. The maximum absolute atomic E-state index is 13.3. The summed E-state index contributed by atoms with van der Waals surface area (Å²) in [5.74, 6) is 1.27. The maximum Gasteiger partial charge on any atom is 0.222 e. The molecule has 0 radical (unpaired) electrons. The van der Waals surface area contributed by atoms with Gasteiger partial charge in [-0.1, -0.05) is 20.3 Å². The average Bonchev–Trinajstić information content (AvgIpc) is 3.01. The molecule has 1 aliphatic rings. The molecule has 1 aliphatic heterocycles. The summed E-state index contributed by atoms with van der Waals surface area (Å²) in [6, 6.07) is 6.84. The minimum Gasteiger partial charge on any atom is -0.460 e. The molecule has 2 heterocycles. The molecule has 0 unspecified atom stereocenters. The van der Waals surface area contributed by atoms with Crippen molar-refractivity contribution in [2.24, 2.45) is 5.92 Å². The molecule has 2 atom stereocenters. The Morgan fingerprint density at radius 1 is 1.38 bits per heavy atom. The predicted molar refractivity (Wildman–Crippen MR) is 92.1 cm³/mol. The molecule has 1 N–H and O–H groups in total. The highest BCUT2D eigenvalue weighted by Crippen LogP contribution is 2.23. The lowest BCUT2D eigenvalue weighted by atomic mass is 9.89. The zero-order valence-corrected chi connectivity index (χ0v) is 14.3. The topological polar surface area (TPSA) is 45.5 Å². The van der Waals surface area contributed by atoms with Gasteiger partial charge in [-0.2, -0.15) is 0 Å². The number of carbonyl (C=O) groups is 1. The Labute approximate surface area is 142 Å². The number of hydrogen-bond donors (Lipinski definition) is 1. The first-order chi connectivity index (χ1) is 11.6. The second-order valence-corrected chi connectivity index (χ2v) is 6.53. The van der Waals surface area contributed by atoms with Crippen molar-refractivity contribution < 1.29 is 13.6 Å². The second kappa shape index (κ2) is 7.34. The monoisotopic (exact) mass is 332 g/mol. The number of rotatable bonds is 5. The molecule has 1 saturated heterocycles. The van der Waals surface area contributed by atoms with E-state index in [0.29, 0.717) is 30.5 Å². The zero-order valence-electron chi connectivity index (χ0n) is 14.3. The standard InChI is InChI=1S/C19H25FN2O2/c1-3-13-12-22(19(23)4-2)8-7-17(13)21-11-16-10-14-9-15(20)5-6-18(14)24-16/h5-6,9-10,13,17,21H,3-4,7-8,11-12H2,1-2H3/t13-,17+/m1/s1. The highest BCUT2D eigenvalue weighted by Gasteiger charge is 2.29. The molecule has 1 aromatic heterocycles. The molecule has 4 nitrogen and oxygen atoms in total. The van der Waals surface area contributed by atoms with E-state index in [4.69, 9.17) is 4.42 Å². The maximum atomic E-state index is 13.3. The van der Waals surface area contributed by atoms with Crippen LogP contribution in [-0.4, -0.2) is 29.9 Å². The van der Waals surface area contributed by atoms with E-state index >= 15 is 0 Å². The van der Waals surface area contributed by atoms with Crippen LogP contribution in [0.2, 0.25) is 0 Å². The molecule has 5 heteroatoms. The van der Waals surface area contributed by atoms with Crippen LogP contribution < -0.4 is 5.32 Å². The molecule has 0 spiro atoms. The fraction of sp³-hybridized carbons (Fsp3) is 0.526. The Morgan fingerprint density at radius 2 is 2.21 bits per heavy atom. The summed E-state index contributed by atoms with van der Waals surface area (Å²) in [7, 11) is 0. The van der Waals surface area contributed by atoms with Gasteiger partial charge in [0.2, 0.25) is 5.91 Å². The van der Waals surface area contributed by atoms with E-state index in [1.807, 2.05) is 17.9 Å². The number of nitrogens with one attached hydrogen (secondary N) is 1. The Balaban J connectivity index is 1.61. The summed E-state index contributed by atoms with van der Waals surface area (Å²) in [5, 5.41) is 4.36. The van der Waals surface area contributed by atoms with Crippen LogP contribution in [0.1, 0.15) is 38.9 Å². The molecule has 0 aliphatic carbocycles. The number of furan rings is 1.